The fourth-order valence-corrected chi connectivity index (χ4v) is 2.48. The van der Waals surface area contributed by atoms with Gasteiger partial charge in [0.2, 0.25) is 0 Å². The second-order valence-electron chi connectivity index (χ2n) is 5.04. The van der Waals surface area contributed by atoms with Crippen LogP contribution in [0.3, 0.4) is 0 Å². The van der Waals surface area contributed by atoms with E-state index in [0.717, 1.165) is 32.7 Å². The fourth-order valence-electron chi connectivity index (χ4n) is 2.48. The van der Waals surface area contributed by atoms with Crippen LogP contribution in [0.25, 0.3) is 0 Å². The Labute approximate surface area is 110 Å². The zero-order valence-corrected chi connectivity index (χ0v) is 11.6. The van der Waals surface area contributed by atoms with Crippen LogP contribution in [-0.4, -0.2) is 29.0 Å². The Hall–Kier alpha value is -0.870. The highest BCUT2D eigenvalue weighted by atomic mass is 16.5. The van der Waals surface area contributed by atoms with Crippen molar-refractivity contribution in [1.82, 2.24) is 15.1 Å². The molecule has 102 valence electrons. The van der Waals surface area contributed by atoms with Gasteiger partial charge in [-0.05, 0) is 39.2 Å². The first-order chi connectivity index (χ1) is 8.81. The van der Waals surface area contributed by atoms with Crippen LogP contribution >= 0.6 is 0 Å². The molecule has 1 aromatic heterocycles. The molecule has 1 N–H and O–H groups in total. The van der Waals surface area contributed by atoms with Crippen molar-refractivity contribution in [2.75, 3.05) is 13.2 Å². The third kappa shape index (κ3) is 3.56. The van der Waals surface area contributed by atoms with Crippen LogP contribution in [0, 0.1) is 6.92 Å². The second kappa shape index (κ2) is 6.90. The van der Waals surface area contributed by atoms with Gasteiger partial charge in [-0.3, -0.25) is 4.68 Å². The van der Waals surface area contributed by atoms with Crippen molar-refractivity contribution in [2.24, 2.45) is 0 Å². The molecule has 1 aliphatic rings. The highest BCUT2D eigenvalue weighted by Gasteiger charge is 2.15. The molecule has 0 saturated carbocycles. The average molecular weight is 251 g/mol. The van der Waals surface area contributed by atoms with E-state index >= 15 is 0 Å². The zero-order chi connectivity index (χ0) is 12.8. The first kappa shape index (κ1) is 13.6. The smallest absolute Gasteiger partial charge is 0.0576 e. The lowest BCUT2D eigenvalue weighted by atomic mass is 10.1. The molecule has 4 nitrogen and oxygen atoms in total. The van der Waals surface area contributed by atoms with E-state index in [0.29, 0.717) is 6.10 Å². The molecule has 0 spiro atoms. The minimum absolute atomic E-state index is 0.502. The Balaban J connectivity index is 1.76. The molecule has 0 amide bonds. The van der Waals surface area contributed by atoms with Gasteiger partial charge in [0.05, 0.1) is 12.3 Å². The highest BCUT2D eigenvalue weighted by Crippen LogP contribution is 2.17. The van der Waals surface area contributed by atoms with Crippen LogP contribution in [0.4, 0.5) is 0 Å². The number of ether oxygens (including phenoxy) is 1. The van der Waals surface area contributed by atoms with E-state index in [1.807, 2.05) is 6.20 Å². The molecule has 0 radical (unpaired) electrons. The number of hydrogen-bond acceptors (Lipinski definition) is 3. The zero-order valence-electron chi connectivity index (χ0n) is 11.6. The fraction of sp³-hybridized carbons (Fsp3) is 0.786. The molecular weight excluding hydrogens is 226 g/mol. The van der Waals surface area contributed by atoms with Crippen LogP contribution in [0.2, 0.25) is 0 Å². The number of rotatable bonds is 7. The molecular formula is C14H25N3O. The van der Waals surface area contributed by atoms with Crippen LogP contribution in [-0.2, 0) is 17.8 Å². The summed E-state index contributed by atoms with van der Waals surface area (Å²) >= 11 is 0. The summed E-state index contributed by atoms with van der Waals surface area (Å²) in [5, 5.41) is 7.81. The predicted octanol–water partition coefficient (Wildman–Crippen LogP) is 2.26. The molecule has 2 heterocycles. The molecule has 18 heavy (non-hydrogen) atoms. The monoisotopic (exact) mass is 251 g/mol. The maximum Gasteiger partial charge on any atom is 0.0576 e. The van der Waals surface area contributed by atoms with E-state index in [-0.39, 0.29) is 0 Å². The Bertz CT molecular complexity index is 356. The minimum Gasteiger partial charge on any atom is -0.378 e. The Morgan fingerprint density at radius 3 is 3.17 bits per heavy atom. The SMILES string of the molecule is CCNCc1cnn(CCCC2CCCO2)c1C. The maximum absolute atomic E-state index is 5.64. The lowest BCUT2D eigenvalue weighted by molar-refractivity contribution is 0.101. The predicted molar refractivity (Wildman–Crippen MR) is 72.6 cm³/mol. The van der Waals surface area contributed by atoms with E-state index in [1.165, 1.54) is 30.5 Å². The Kier molecular flexibility index (Phi) is 5.20. The molecule has 1 fully saturated rings. The number of hydrogen-bond donors (Lipinski definition) is 1. The summed E-state index contributed by atoms with van der Waals surface area (Å²) in [6, 6.07) is 0. The van der Waals surface area contributed by atoms with Gasteiger partial charge in [-0.1, -0.05) is 6.92 Å². The van der Waals surface area contributed by atoms with Crippen molar-refractivity contribution in [2.45, 2.75) is 58.7 Å². The molecule has 4 heteroatoms. The standard InChI is InChI=1S/C14H25N3O/c1-3-15-10-13-11-16-17(12(13)2)8-4-6-14-7-5-9-18-14/h11,14-15H,3-10H2,1-2H3. The van der Waals surface area contributed by atoms with Crippen LogP contribution in [0.5, 0.6) is 0 Å². The van der Waals surface area contributed by atoms with Gasteiger partial charge in [-0.15, -0.1) is 0 Å². The lowest BCUT2D eigenvalue weighted by Crippen LogP contribution is -2.13. The van der Waals surface area contributed by atoms with Crippen LogP contribution in [0.15, 0.2) is 6.20 Å². The molecule has 0 aromatic carbocycles. The van der Waals surface area contributed by atoms with Gasteiger partial charge in [-0.25, -0.2) is 0 Å². The van der Waals surface area contributed by atoms with E-state index < -0.39 is 0 Å². The Morgan fingerprint density at radius 2 is 2.44 bits per heavy atom. The quantitative estimate of drug-likeness (QED) is 0.808. The largest absolute Gasteiger partial charge is 0.378 e. The molecule has 1 atom stereocenters. The molecule has 0 aliphatic carbocycles. The Morgan fingerprint density at radius 1 is 1.56 bits per heavy atom. The molecule has 1 saturated heterocycles. The third-order valence-corrected chi connectivity index (χ3v) is 3.69. The number of nitrogens with zero attached hydrogens (tertiary/aromatic N) is 2. The second-order valence-corrected chi connectivity index (χ2v) is 5.04. The summed E-state index contributed by atoms with van der Waals surface area (Å²) < 4.78 is 7.77. The van der Waals surface area contributed by atoms with Crippen LogP contribution in [0.1, 0.15) is 43.9 Å². The van der Waals surface area contributed by atoms with Gasteiger partial charge in [0.25, 0.3) is 0 Å². The summed E-state index contributed by atoms with van der Waals surface area (Å²) in [7, 11) is 0. The van der Waals surface area contributed by atoms with E-state index in [4.69, 9.17) is 4.74 Å². The summed E-state index contributed by atoms with van der Waals surface area (Å²) in [5.74, 6) is 0. The van der Waals surface area contributed by atoms with Crippen molar-refractivity contribution in [3.8, 4) is 0 Å². The highest BCUT2D eigenvalue weighted by molar-refractivity contribution is 5.15. The van der Waals surface area contributed by atoms with Crippen molar-refractivity contribution < 1.29 is 4.74 Å². The number of nitrogens with one attached hydrogen (secondary N) is 1. The van der Waals surface area contributed by atoms with Crippen LogP contribution < -0.4 is 5.32 Å². The summed E-state index contributed by atoms with van der Waals surface area (Å²) in [6.45, 7) is 8.18. The van der Waals surface area contributed by atoms with Crippen molar-refractivity contribution in [3.05, 3.63) is 17.5 Å². The van der Waals surface area contributed by atoms with Crippen molar-refractivity contribution >= 4 is 0 Å². The lowest BCUT2D eigenvalue weighted by Gasteiger charge is -2.10. The van der Waals surface area contributed by atoms with Gasteiger partial charge >= 0.3 is 0 Å². The number of aromatic nitrogens is 2. The maximum atomic E-state index is 5.64. The summed E-state index contributed by atoms with van der Waals surface area (Å²) in [6.07, 6.45) is 7.30. The third-order valence-electron chi connectivity index (χ3n) is 3.69. The van der Waals surface area contributed by atoms with Gasteiger partial charge in [0.15, 0.2) is 0 Å². The van der Waals surface area contributed by atoms with Gasteiger partial charge in [0, 0.05) is 31.0 Å². The van der Waals surface area contributed by atoms with Gasteiger partial charge in [0.1, 0.15) is 0 Å². The molecule has 1 unspecified atom stereocenters. The van der Waals surface area contributed by atoms with Crippen molar-refractivity contribution in [1.29, 1.82) is 0 Å². The van der Waals surface area contributed by atoms with Gasteiger partial charge < -0.3 is 10.1 Å². The molecule has 1 aromatic rings. The normalized spacial score (nSPS) is 19.6. The molecule has 0 bridgehead atoms. The average Bonchev–Trinajstić information content (AvgIpc) is 2.99. The van der Waals surface area contributed by atoms with E-state index in [2.05, 4.69) is 28.9 Å². The van der Waals surface area contributed by atoms with Crippen molar-refractivity contribution in [3.63, 3.8) is 0 Å². The molecule has 2 rings (SSSR count). The summed E-state index contributed by atoms with van der Waals surface area (Å²) in [4.78, 5) is 0. The summed E-state index contributed by atoms with van der Waals surface area (Å²) in [5.41, 5.74) is 2.61. The number of aryl methyl sites for hydroxylation is 1. The van der Waals surface area contributed by atoms with E-state index in [9.17, 15) is 0 Å². The first-order valence-electron chi connectivity index (χ1n) is 7.15. The minimum atomic E-state index is 0.502. The van der Waals surface area contributed by atoms with Gasteiger partial charge in [-0.2, -0.15) is 5.10 Å². The molecule has 1 aliphatic heterocycles. The van der Waals surface area contributed by atoms with E-state index in [1.54, 1.807) is 0 Å². The topological polar surface area (TPSA) is 39.1 Å². The first-order valence-corrected chi connectivity index (χ1v) is 7.15.